The Morgan fingerprint density at radius 1 is 1.62 bits per heavy atom. The quantitative estimate of drug-likeness (QED) is 0.754. The Morgan fingerprint density at radius 3 is 2.69 bits per heavy atom. The van der Waals surface area contributed by atoms with Crippen molar-refractivity contribution < 1.29 is 13.6 Å². The van der Waals surface area contributed by atoms with E-state index in [-0.39, 0.29) is 22.7 Å². The summed E-state index contributed by atoms with van der Waals surface area (Å²) in [6.07, 6.45) is -2.48. The maximum absolute atomic E-state index is 12.1. The number of carbonyl (C=O) groups excluding carboxylic acids is 1. The van der Waals surface area contributed by atoms with Gasteiger partial charge in [-0.1, -0.05) is 11.6 Å². The minimum Gasteiger partial charge on any atom is -0.397 e. The van der Waals surface area contributed by atoms with E-state index in [0.717, 1.165) is 6.07 Å². The second-order valence-electron chi connectivity index (χ2n) is 2.25. The molecule has 0 saturated carbocycles. The van der Waals surface area contributed by atoms with Crippen LogP contribution in [0.25, 0.3) is 0 Å². The van der Waals surface area contributed by atoms with Crippen molar-refractivity contribution in [3.63, 3.8) is 0 Å². The molecule has 0 bridgehead atoms. The number of nitrogen functional groups attached to an aromatic ring is 1. The average molecular weight is 207 g/mol. The average Bonchev–Trinajstić information content (AvgIpc) is 2.09. The van der Waals surface area contributed by atoms with Crippen LogP contribution in [0.15, 0.2) is 6.07 Å². The highest BCUT2D eigenvalue weighted by atomic mass is 35.5. The number of nitrogens with zero attached hydrogens (tertiary/aromatic N) is 1. The van der Waals surface area contributed by atoms with E-state index in [4.69, 9.17) is 17.3 Å². The van der Waals surface area contributed by atoms with E-state index in [1.54, 1.807) is 0 Å². The van der Waals surface area contributed by atoms with E-state index in [0.29, 0.717) is 0 Å². The third kappa shape index (κ3) is 1.92. The monoisotopic (exact) mass is 206 g/mol. The molecule has 70 valence electrons. The molecule has 0 saturated heterocycles. The molecule has 1 aromatic heterocycles. The van der Waals surface area contributed by atoms with Gasteiger partial charge < -0.3 is 5.73 Å². The van der Waals surface area contributed by atoms with Crippen LogP contribution in [0, 0.1) is 0 Å². The maximum atomic E-state index is 12.1. The zero-order chi connectivity index (χ0) is 10.0. The minimum atomic E-state index is -2.77. The van der Waals surface area contributed by atoms with Crippen molar-refractivity contribution in [2.24, 2.45) is 0 Å². The number of pyridine rings is 1. The molecule has 0 atom stereocenters. The number of anilines is 1. The molecule has 0 aliphatic heterocycles. The standard InChI is InChI=1S/C7H5ClF2N2O/c8-6-3(11)1-4(7(9)10)12-5(6)2-13/h1-2,7H,(H2,11,12). The molecular weight excluding hydrogens is 202 g/mol. The van der Waals surface area contributed by atoms with Crippen molar-refractivity contribution in [1.82, 2.24) is 4.98 Å². The molecule has 0 unspecified atom stereocenters. The molecule has 0 fully saturated rings. The minimum absolute atomic E-state index is 0.0749. The van der Waals surface area contributed by atoms with E-state index in [9.17, 15) is 13.6 Å². The van der Waals surface area contributed by atoms with Gasteiger partial charge in [0, 0.05) is 0 Å². The molecule has 0 aliphatic carbocycles. The van der Waals surface area contributed by atoms with Crippen LogP contribution in [0.4, 0.5) is 14.5 Å². The van der Waals surface area contributed by atoms with Crippen LogP contribution in [0.3, 0.4) is 0 Å². The van der Waals surface area contributed by atoms with Crippen LogP contribution in [-0.2, 0) is 0 Å². The number of hydrogen-bond donors (Lipinski definition) is 1. The fourth-order valence-electron chi connectivity index (χ4n) is 0.781. The van der Waals surface area contributed by atoms with Crippen molar-refractivity contribution in [3.8, 4) is 0 Å². The number of rotatable bonds is 2. The van der Waals surface area contributed by atoms with E-state index < -0.39 is 12.1 Å². The number of halogens is 3. The third-order valence-electron chi connectivity index (χ3n) is 1.37. The summed E-state index contributed by atoms with van der Waals surface area (Å²) in [5.41, 5.74) is 4.38. The third-order valence-corrected chi connectivity index (χ3v) is 1.78. The lowest BCUT2D eigenvalue weighted by Crippen LogP contribution is -2.00. The van der Waals surface area contributed by atoms with Gasteiger partial charge in [0.2, 0.25) is 0 Å². The van der Waals surface area contributed by atoms with Crippen molar-refractivity contribution in [1.29, 1.82) is 0 Å². The first kappa shape index (κ1) is 9.85. The number of alkyl halides is 2. The van der Waals surface area contributed by atoms with E-state index >= 15 is 0 Å². The fraction of sp³-hybridized carbons (Fsp3) is 0.143. The van der Waals surface area contributed by atoms with Crippen molar-refractivity contribution in [2.75, 3.05) is 5.73 Å². The number of nitrogens with two attached hydrogens (primary N) is 1. The second kappa shape index (κ2) is 3.66. The van der Waals surface area contributed by atoms with Crippen LogP contribution >= 0.6 is 11.6 Å². The van der Waals surface area contributed by atoms with Gasteiger partial charge >= 0.3 is 0 Å². The summed E-state index contributed by atoms with van der Waals surface area (Å²) in [5, 5.41) is -0.0978. The van der Waals surface area contributed by atoms with Gasteiger partial charge in [-0.05, 0) is 6.07 Å². The molecule has 1 heterocycles. The van der Waals surface area contributed by atoms with Gasteiger partial charge in [0.25, 0.3) is 6.43 Å². The van der Waals surface area contributed by atoms with E-state index in [2.05, 4.69) is 4.98 Å². The molecule has 3 nitrogen and oxygen atoms in total. The summed E-state index contributed by atoms with van der Waals surface area (Å²) in [4.78, 5) is 13.6. The molecule has 13 heavy (non-hydrogen) atoms. The molecule has 0 aromatic carbocycles. The van der Waals surface area contributed by atoms with Crippen LogP contribution in [0.2, 0.25) is 5.02 Å². The van der Waals surface area contributed by atoms with Crippen molar-refractivity contribution in [3.05, 3.63) is 22.5 Å². The van der Waals surface area contributed by atoms with Crippen LogP contribution in [0.1, 0.15) is 22.6 Å². The smallest absolute Gasteiger partial charge is 0.280 e. The zero-order valence-electron chi connectivity index (χ0n) is 6.30. The Bertz CT molecular complexity index is 344. The lowest BCUT2D eigenvalue weighted by molar-refractivity contribution is 0.111. The van der Waals surface area contributed by atoms with Gasteiger partial charge in [0.1, 0.15) is 11.4 Å². The van der Waals surface area contributed by atoms with Gasteiger partial charge in [0.15, 0.2) is 6.29 Å². The Kier molecular flexibility index (Phi) is 2.77. The van der Waals surface area contributed by atoms with Gasteiger partial charge in [0.05, 0.1) is 10.7 Å². The molecule has 1 aromatic rings. The summed E-state index contributed by atoms with van der Waals surface area (Å²) in [6.45, 7) is 0. The predicted octanol–water partition coefficient (Wildman–Crippen LogP) is 2.07. The lowest BCUT2D eigenvalue weighted by atomic mass is 10.2. The number of aromatic nitrogens is 1. The summed E-state index contributed by atoms with van der Waals surface area (Å²) in [7, 11) is 0. The normalized spacial score (nSPS) is 10.5. The second-order valence-corrected chi connectivity index (χ2v) is 2.63. The summed E-state index contributed by atoms with van der Waals surface area (Å²) in [6, 6.07) is 0.944. The molecule has 2 N–H and O–H groups in total. The summed E-state index contributed by atoms with van der Waals surface area (Å²) < 4.78 is 24.2. The Morgan fingerprint density at radius 2 is 2.23 bits per heavy atom. The SMILES string of the molecule is Nc1cc(C(F)F)nc(C=O)c1Cl. The highest BCUT2D eigenvalue weighted by Gasteiger charge is 2.14. The summed E-state index contributed by atoms with van der Waals surface area (Å²) >= 11 is 5.51. The van der Waals surface area contributed by atoms with Gasteiger partial charge in [-0.2, -0.15) is 0 Å². The Hall–Kier alpha value is -1.23. The van der Waals surface area contributed by atoms with Crippen molar-refractivity contribution in [2.45, 2.75) is 6.43 Å². The van der Waals surface area contributed by atoms with Gasteiger partial charge in [-0.3, -0.25) is 4.79 Å². The van der Waals surface area contributed by atoms with Crippen LogP contribution in [-0.4, -0.2) is 11.3 Å². The highest BCUT2D eigenvalue weighted by Crippen LogP contribution is 2.26. The number of carbonyl (C=O) groups is 1. The highest BCUT2D eigenvalue weighted by molar-refractivity contribution is 6.35. The Balaban J connectivity index is 3.30. The summed E-state index contributed by atoms with van der Waals surface area (Å²) in [5.74, 6) is 0. The van der Waals surface area contributed by atoms with Crippen LogP contribution < -0.4 is 5.73 Å². The molecule has 0 radical (unpaired) electrons. The first-order chi connectivity index (χ1) is 6.06. The number of aldehydes is 1. The Labute approximate surface area is 77.5 Å². The fourth-order valence-corrected chi connectivity index (χ4v) is 0.922. The lowest BCUT2D eigenvalue weighted by Gasteiger charge is -2.04. The van der Waals surface area contributed by atoms with Gasteiger partial charge in [-0.25, -0.2) is 13.8 Å². The zero-order valence-corrected chi connectivity index (χ0v) is 7.05. The topological polar surface area (TPSA) is 56.0 Å². The first-order valence-electron chi connectivity index (χ1n) is 3.25. The van der Waals surface area contributed by atoms with Crippen molar-refractivity contribution >= 4 is 23.6 Å². The van der Waals surface area contributed by atoms with E-state index in [1.165, 1.54) is 0 Å². The maximum Gasteiger partial charge on any atom is 0.280 e. The largest absolute Gasteiger partial charge is 0.397 e. The van der Waals surface area contributed by atoms with Gasteiger partial charge in [-0.15, -0.1) is 0 Å². The van der Waals surface area contributed by atoms with E-state index in [1.807, 2.05) is 0 Å². The first-order valence-corrected chi connectivity index (χ1v) is 3.63. The molecule has 0 amide bonds. The molecule has 6 heteroatoms. The molecule has 1 rings (SSSR count). The molecule has 0 aliphatic rings. The van der Waals surface area contributed by atoms with Crippen LogP contribution in [0.5, 0.6) is 0 Å². The number of hydrogen-bond acceptors (Lipinski definition) is 3. The molecular formula is C7H5ClF2N2O. The molecule has 0 spiro atoms. The predicted molar refractivity (Wildman–Crippen MR) is 44.0 cm³/mol.